The Balaban J connectivity index is 1.60. The lowest BCUT2D eigenvalue weighted by atomic mass is 10.2. The fraction of sp³-hybridized carbons (Fsp3) is 0.333. The molecule has 0 bridgehead atoms. The average Bonchev–Trinajstić information content (AvgIpc) is 3.32. The van der Waals surface area contributed by atoms with Crippen molar-refractivity contribution in [2.24, 2.45) is 0 Å². The van der Waals surface area contributed by atoms with Gasteiger partial charge in [0.1, 0.15) is 10.6 Å². The largest absolute Gasteiger partial charge is 0.376 e. The predicted octanol–water partition coefficient (Wildman–Crippen LogP) is 3.44. The quantitative estimate of drug-likeness (QED) is 0.776. The minimum Gasteiger partial charge on any atom is -0.376 e. The number of carbonyl (C=O) groups is 1. The molecule has 0 spiro atoms. The molecule has 1 N–H and O–H groups in total. The highest BCUT2D eigenvalue weighted by molar-refractivity contribution is 7.20. The first-order chi connectivity index (χ1) is 12.1. The number of benzene rings is 1. The van der Waals surface area contributed by atoms with Crippen LogP contribution in [-0.2, 0) is 4.74 Å². The SMILES string of the molecule is Cc1nn(-c2ccc(F)cc2)c2sc(C(=O)NC[C@H]3CCCO3)cc12. The summed E-state index contributed by atoms with van der Waals surface area (Å²) in [5.74, 6) is -0.383. The number of nitrogens with one attached hydrogen (secondary N) is 1. The Hall–Kier alpha value is -2.25. The van der Waals surface area contributed by atoms with E-state index < -0.39 is 0 Å². The summed E-state index contributed by atoms with van der Waals surface area (Å²) in [6.07, 6.45) is 2.16. The van der Waals surface area contributed by atoms with Gasteiger partial charge in [0, 0.05) is 18.5 Å². The number of thiophene rings is 1. The highest BCUT2D eigenvalue weighted by Gasteiger charge is 2.20. The van der Waals surface area contributed by atoms with Gasteiger partial charge in [0.25, 0.3) is 5.91 Å². The Morgan fingerprint density at radius 2 is 2.24 bits per heavy atom. The molecule has 25 heavy (non-hydrogen) atoms. The minimum absolute atomic E-state index is 0.0956. The Morgan fingerprint density at radius 1 is 1.44 bits per heavy atom. The van der Waals surface area contributed by atoms with Gasteiger partial charge in [-0.3, -0.25) is 4.79 Å². The molecule has 130 valence electrons. The van der Waals surface area contributed by atoms with Crippen molar-refractivity contribution in [1.82, 2.24) is 15.1 Å². The lowest BCUT2D eigenvalue weighted by molar-refractivity contribution is 0.0861. The van der Waals surface area contributed by atoms with Gasteiger partial charge in [-0.25, -0.2) is 9.07 Å². The maximum absolute atomic E-state index is 13.2. The molecule has 3 heterocycles. The number of hydrogen-bond acceptors (Lipinski definition) is 4. The first kappa shape index (κ1) is 16.2. The van der Waals surface area contributed by atoms with E-state index in [4.69, 9.17) is 4.74 Å². The van der Waals surface area contributed by atoms with Gasteiger partial charge in [0.05, 0.1) is 22.4 Å². The molecule has 5 nitrogen and oxygen atoms in total. The number of halogens is 1. The summed E-state index contributed by atoms with van der Waals surface area (Å²) >= 11 is 1.39. The second-order valence-corrected chi connectivity index (χ2v) is 7.18. The van der Waals surface area contributed by atoms with E-state index in [1.165, 1.54) is 23.5 Å². The molecule has 1 aliphatic heterocycles. The third-order valence-electron chi connectivity index (χ3n) is 4.35. The monoisotopic (exact) mass is 359 g/mol. The first-order valence-corrected chi connectivity index (χ1v) is 9.08. The smallest absolute Gasteiger partial charge is 0.261 e. The highest BCUT2D eigenvalue weighted by Crippen LogP contribution is 2.30. The first-order valence-electron chi connectivity index (χ1n) is 8.27. The third kappa shape index (κ3) is 3.17. The van der Waals surface area contributed by atoms with Gasteiger partial charge in [-0.15, -0.1) is 11.3 Å². The van der Waals surface area contributed by atoms with Crippen molar-refractivity contribution in [1.29, 1.82) is 0 Å². The van der Waals surface area contributed by atoms with Crippen LogP contribution in [0, 0.1) is 12.7 Å². The zero-order chi connectivity index (χ0) is 17.4. The lowest BCUT2D eigenvalue weighted by Crippen LogP contribution is -2.31. The van der Waals surface area contributed by atoms with Crippen LogP contribution in [0.3, 0.4) is 0 Å². The fourth-order valence-corrected chi connectivity index (χ4v) is 4.11. The summed E-state index contributed by atoms with van der Waals surface area (Å²) in [5.41, 5.74) is 1.61. The van der Waals surface area contributed by atoms with E-state index >= 15 is 0 Å². The van der Waals surface area contributed by atoms with E-state index in [9.17, 15) is 9.18 Å². The number of hydrogen-bond donors (Lipinski definition) is 1. The van der Waals surface area contributed by atoms with Gasteiger partial charge in [0.2, 0.25) is 0 Å². The van der Waals surface area contributed by atoms with Crippen molar-refractivity contribution in [2.75, 3.05) is 13.2 Å². The lowest BCUT2D eigenvalue weighted by Gasteiger charge is -2.09. The van der Waals surface area contributed by atoms with E-state index in [1.54, 1.807) is 16.8 Å². The van der Waals surface area contributed by atoms with E-state index in [0.29, 0.717) is 11.4 Å². The zero-order valence-electron chi connectivity index (χ0n) is 13.8. The molecule has 0 aliphatic carbocycles. The summed E-state index contributed by atoms with van der Waals surface area (Å²) in [5, 5.41) is 8.40. The molecule has 1 amide bonds. The van der Waals surface area contributed by atoms with Gasteiger partial charge in [0.15, 0.2) is 0 Å². The molecule has 1 aromatic carbocycles. The second-order valence-electron chi connectivity index (χ2n) is 6.15. The van der Waals surface area contributed by atoms with E-state index in [2.05, 4.69) is 10.4 Å². The molecule has 1 saturated heterocycles. The number of rotatable bonds is 4. The Labute approximate surface area is 148 Å². The molecule has 2 aromatic heterocycles. The van der Waals surface area contributed by atoms with Crippen molar-refractivity contribution in [3.05, 3.63) is 46.7 Å². The zero-order valence-corrected chi connectivity index (χ0v) is 14.6. The van der Waals surface area contributed by atoms with Crippen molar-refractivity contribution in [3.8, 4) is 5.69 Å². The Bertz CT molecular complexity index is 910. The molecule has 1 fully saturated rings. The normalized spacial score (nSPS) is 17.3. The maximum atomic E-state index is 13.2. The highest BCUT2D eigenvalue weighted by atomic mass is 32.1. The van der Waals surface area contributed by atoms with Crippen LogP contribution >= 0.6 is 11.3 Å². The van der Waals surface area contributed by atoms with Crippen molar-refractivity contribution < 1.29 is 13.9 Å². The number of fused-ring (bicyclic) bond motifs is 1. The van der Waals surface area contributed by atoms with Gasteiger partial charge < -0.3 is 10.1 Å². The van der Waals surface area contributed by atoms with Crippen LogP contribution < -0.4 is 5.32 Å². The van der Waals surface area contributed by atoms with Crippen LogP contribution in [0.15, 0.2) is 30.3 Å². The van der Waals surface area contributed by atoms with Crippen LogP contribution in [0.25, 0.3) is 15.9 Å². The van der Waals surface area contributed by atoms with E-state index in [1.807, 2.05) is 13.0 Å². The molecular formula is C18H18FN3O2S. The van der Waals surface area contributed by atoms with Crippen molar-refractivity contribution >= 4 is 27.5 Å². The summed E-state index contributed by atoms with van der Waals surface area (Å²) in [7, 11) is 0. The van der Waals surface area contributed by atoms with Crippen LogP contribution in [0.2, 0.25) is 0 Å². The number of carbonyl (C=O) groups excluding carboxylic acids is 1. The summed E-state index contributed by atoms with van der Waals surface area (Å²) in [4.78, 5) is 14.0. The Morgan fingerprint density at radius 3 is 2.96 bits per heavy atom. The van der Waals surface area contributed by atoms with Crippen LogP contribution in [0.5, 0.6) is 0 Å². The van der Waals surface area contributed by atoms with Gasteiger partial charge in [-0.1, -0.05) is 0 Å². The van der Waals surface area contributed by atoms with Crippen LogP contribution in [-0.4, -0.2) is 34.9 Å². The number of aryl methyl sites for hydroxylation is 1. The van der Waals surface area contributed by atoms with Gasteiger partial charge >= 0.3 is 0 Å². The summed E-state index contributed by atoms with van der Waals surface area (Å²) in [6.45, 7) is 3.22. The minimum atomic E-state index is -0.288. The van der Waals surface area contributed by atoms with E-state index in [0.717, 1.165) is 41.0 Å². The van der Waals surface area contributed by atoms with Crippen LogP contribution in [0.4, 0.5) is 4.39 Å². The average molecular weight is 359 g/mol. The van der Waals surface area contributed by atoms with Gasteiger partial charge in [-0.2, -0.15) is 5.10 Å². The predicted molar refractivity (Wildman–Crippen MR) is 94.9 cm³/mol. The summed E-state index contributed by atoms with van der Waals surface area (Å²) < 4.78 is 20.4. The molecule has 4 rings (SSSR count). The molecule has 7 heteroatoms. The number of aromatic nitrogens is 2. The van der Waals surface area contributed by atoms with E-state index in [-0.39, 0.29) is 17.8 Å². The topological polar surface area (TPSA) is 56.2 Å². The van der Waals surface area contributed by atoms with Crippen LogP contribution in [0.1, 0.15) is 28.2 Å². The molecule has 1 aliphatic rings. The van der Waals surface area contributed by atoms with Crippen molar-refractivity contribution in [2.45, 2.75) is 25.9 Å². The molecule has 0 saturated carbocycles. The summed E-state index contributed by atoms with van der Waals surface area (Å²) in [6, 6.07) is 8.03. The van der Waals surface area contributed by atoms with Gasteiger partial charge in [-0.05, 0) is 50.1 Å². The third-order valence-corrected chi connectivity index (χ3v) is 5.46. The second kappa shape index (κ2) is 6.57. The maximum Gasteiger partial charge on any atom is 0.261 e. The molecule has 0 radical (unpaired) electrons. The van der Waals surface area contributed by atoms with Crippen molar-refractivity contribution in [3.63, 3.8) is 0 Å². The molecule has 0 unspecified atom stereocenters. The standard InChI is InChI=1S/C18H18FN3O2S/c1-11-15-9-16(17(23)20-10-14-3-2-8-24-14)25-18(15)22(21-11)13-6-4-12(19)5-7-13/h4-7,9,14H,2-3,8,10H2,1H3,(H,20,23)/t14-/m1/s1. The molecule has 3 aromatic rings. The fourth-order valence-electron chi connectivity index (χ4n) is 3.02. The number of amides is 1. The molecular weight excluding hydrogens is 341 g/mol. The molecule has 1 atom stereocenters. The number of nitrogens with zero attached hydrogens (tertiary/aromatic N) is 2. The Kier molecular flexibility index (Phi) is 4.27. The number of ether oxygens (including phenoxy) is 1.